The Bertz CT molecular complexity index is 1260. The number of nitrogens with one attached hydrogen (secondary N) is 2. The third kappa shape index (κ3) is 3.65. The lowest BCUT2D eigenvalue weighted by Crippen LogP contribution is -2.58. The summed E-state index contributed by atoms with van der Waals surface area (Å²) in [5.41, 5.74) is -0.684. The van der Waals surface area contributed by atoms with Crippen LogP contribution in [0.4, 0.5) is 11.5 Å². The van der Waals surface area contributed by atoms with Crippen molar-refractivity contribution in [2.24, 2.45) is 11.8 Å². The van der Waals surface area contributed by atoms with Crippen LogP contribution in [0.15, 0.2) is 40.9 Å². The number of fused-ring (bicyclic) bond motifs is 1. The fraction of sp³-hybridized carbons (Fsp3) is 0.440. The Hall–Kier alpha value is -3.17. The first kappa shape index (κ1) is 23.6. The average Bonchev–Trinajstić information content (AvgIpc) is 3.49. The van der Waals surface area contributed by atoms with Crippen molar-refractivity contribution >= 4 is 40.8 Å². The highest BCUT2D eigenvalue weighted by Gasteiger charge is 2.73. The third-order valence-corrected chi connectivity index (χ3v) is 7.11. The first-order chi connectivity index (χ1) is 16.4. The summed E-state index contributed by atoms with van der Waals surface area (Å²) in [5, 5.41) is 10.0. The van der Waals surface area contributed by atoms with Crippen LogP contribution in [0.2, 0.25) is 5.02 Å². The maximum atomic E-state index is 14.1. The van der Waals surface area contributed by atoms with Crippen LogP contribution in [0.25, 0.3) is 0 Å². The van der Waals surface area contributed by atoms with Gasteiger partial charge in [0.15, 0.2) is 5.82 Å². The molecule has 2 bridgehead atoms. The molecule has 10 heteroatoms. The van der Waals surface area contributed by atoms with Crippen LogP contribution in [-0.2, 0) is 19.1 Å². The summed E-state index contributed by atoms with van der Waals surface area (Å²) >= 11 is 6.38. The standard InChI is InChI=1S/C25H27ClN4O5/c1-12-11-17(29-35-12)27-21(31)18-16-9-10-25(34-16)19(18)23(33)30(15-8-6-7-14(26)13(15)2)20(25)22(32)28-24(3,4)5/h6-11,16,18-20H,1-5H3,(H,28,32)(H,27,29,31)/t16-,18-,19-,20-,25-/m1/s1. The Morgan fingerprint density at radius 2 is 1.94 bits per heavy atom. The molecule has 184 valence electrons. The van der Waals surface area contributed by atoms with Crippen molar-refractivity contribution in [2.45, 2.75) is 57.9 Å². The Morgan fingerprint density at radius 3 is 2.60 bits per heavy atom. The highest BCUT2D eigenvalue weighted by molar-refractivity contribution is 6.32. The minimum Gasteiger partial charge on any atom is -0.360 e. The molecule has 9 nitrogen and oxygen atoms in total. The van der Waals surface area contributed by atoms with E-state index in [2.05, 4.69) is 15.8 Å². The number of carbonyl (C=O) groups is 3. The van der Waals surface area contributed by atoms with E-state index in [0.29, 0.717) is 22.0 Å². The van der Waals surface area contributed by atoms with Crippen LogP contribution < -0.4 is 15.5 Å². The van der Waals surface area contributed by atoms with Crippen LogP contribution in [0, 0.1) is 25.7 Å². The van der Waals surface area contributed by atoms with Crippen molar-refractivity contribution in [3.05, 3.63) is 52.8 Å². The molecular formula is C25H27ClN4O5. The number of ether oxygens (including phenoxy) is 1. The van der Waals surface area contributed by atoms with Gasteiger partial charge in [0.1, 0.15) is 17.4 Å². The summed E-state index contributed by atoms with van der Waals surface area (Å²) in [5.74, 6) is -2.12. The zero-order valence-corrected chi connectivity index (χ0v) is 20.8. The van der Waals surface area contributed by atoms with Gasteiger partial charge >= 0.3 is 0 Å². The number of aromatic nitrogens is 1. The van der Waals surface area contributed by atoms with E-state index in [1.165, 1.54) is 4.90 Å². The third-order valence-electron chi connectivity index (χ3n) is 6.70. The number of benzene rings is 1. The molecule has 35 heavy (non-hydrogen) atoms. The zero-order valence-electron chi connectivity index (χ0n) is 20.1. The van der Waals surface area contributed by atoms with Gasteiger partial charge in [0.25, 0.3) is 0 Å². The average molecular weight is 499 g/mol. The predicted octanol–water partition coefficient (Wildman–Crippen LogP) is 3.15. The Morgan fingerprint density at radius 1 is 1.20 bits per heavy atom. The fourth-order valence-corrected chi connectivity index (χ4v) is 5.53. The molecule has 5 rings (SSSR count). The van der Waals surface area contributed by atoms with Gasteiger partial charge in [-0.1, -0.05) is 35.0 Å². The number of amides is 3. The maximum absolute atomic E-state index is 14.1. The second-order valence-electron chi connectivity index (χ2n) is 10.3. The number of hydrogen-bond donors (Lipinski definition) is 2. The molecule has 1 aromatic heterocycles. The normalized spacial score (nSPS) is 29.0. The lowest BCUT2D eigenvalue weighted by molar-refractivity contribution is -0.129. The van der Waals surface area contributed by atoms with E-state index < -0.39 is 41.0 Å². The van der Waals surface area contributed by atoms with E-state index in [-0.39, 0.29) is 17.6 Å². The number of halogens is 1. The van der Waals surface area contributed by atoms with Crippen molar-refractivity contribution in [2.75, 3.05) is 10.2 Å². The molecule has 5 atom stereocenters. The van der Waals surface area contributed by atoms with Gasteiger partial charge in [-0.15, -0.1) is 0 Å². The Labute approximate surface area is 207 Å². The molecule has 1 spiro atoms. The minimum absolute atomic E-state index is 0.253. The molecule has 3 amide bonds. The topological polar surface area (TPSA) is 114 Å². The lowest BCUT2D eigenvalue weighted by Gasteiger charge is -2.35. The molecule has 2 N–H and O–H groups in total. The number of anilines is 2. The molecule has 0 saturated carbocycles. The van der Waals surface area contributed by atoms with Gasteiger partial charge in [0.05, 0.1) is 17.9 Å². The highest BCUT2D eigenvalue weighted by Crippen LogP contribution is 2.56. The maximum Gasteiger partial charge on any atom is 0.246 e. The first-order valence-electron chi connectivity index (χ1n) is 11.4. The van der Waals surface area contributed by atoms with E-state index in [1.807, 2.05) is 20.8 Å². The first-order valence-corrected chi connectivity index (χ1v) is 11.8. The predicted molar refractivity (Wildman–Crippen MR) is 129 cm³/mol. The van der Waals surface area contributed by atoms with E-state index >= 15 is 0 Å². The number of hydrogen-bond acceptors (Lipinski definition) is 6. The molecule has 1 aromatic carbocycles. The second kappa shape index (κ2) is 7.93. The van der Waals surface area contributed by atoms with Crippen LogP contribution in [0.1, 0.15) is 32.1 Å². The van der Waals surface area contributed by atoms with Crippen LogP contribution >= 0.6 is 11.6 Å². The summed E-state index contributed by atoms with van der Waals surface area (Å²) in [6, 6.07) is 5.77. The molecule has 4 heterocycles. The molecule has 2 aromatic rings. The Balaban J connectivity index is 1.59. The summed E-state index contributed by atoms with van der Waals surface area (Å²) in [4.78, 5) is 42.6. The van der Waals surface area contributed by atoms with E-state index in [0.717, 1.165) is 0 Å². The van der Waals surface area contributed by atoms with Crippen molar-refractivity contribution in [1.82, 2.24) is 10.5 Å². The lowest BCUT2D eigenvalue weighted by atomic mass is 9.74. The number of carbonyl (C=O) groups excluding carboxylic acids is 3. The van der Waals surface area contributed by atoms with Crippen molar-refractivity contribution in [3.63, 3.8) is 0 Å². The Kier molecular flexibility index (Phi) is 5.34. The zero-order chi connectivity index (χ0) is 25.3. The molecule has 0 unspecified atom stereocenters. The number of nitrogens with zero attached hydrogens (tertiary/aromatic N) is 2. The van der Waals surface area contributed by atoms with Gasteiger partial charge in [-0.2, -0.15) is 0 Å². The van der Waals surface area contributed by atoms with Gasteiger partial charge in [0.2, 0.25) is 17.7 Å². The smallest absolute Gasteiger partial charge is 0.246 e. The molecule has 3 aliphatic heterocycles. The van der Waals surface area contributed by atoms with Crippen LogP contribution in [0.3, 0.4) is 0 Å². The van der Waals surface area contributed by atoms with Crippen molar-refractivity contribution in [1.29, 1.82) is 0 Å². The van der Waals surface area contributed by atoms with Gasteiger partial charge in [0, 0.05) is 22.3 Å². The molecule has 2 fully saturated rings. The van der Waals surface area contributed by atoms with Crippen LogP contribution in [-0.4, -0.2) is 46.2 Å². The summed E-state index contributed by atoms with van der Waals surface area (Å²) in [7, 11) is 0. The monoisotopic (exact) mass is 498 g/mol. The molecular weight excluding hydrogens is 472 g/mol. The van der Waals surface area contributed by atoms with Gasteiger partial charge in [-0.05, 0) is 52.3 Å². The summed E-state index contributed by atoms with van der Waals surface area (Å²) in [6.45, 7) is 9.10. The fourth-order valence-electron chi connectivity index (χ4n) is 5.36. The molecule has 2 saturated heterocycles. The largest absolute Gasteiger partial charge is 0.360 e. The quantitative estimate of drug-likeness (QED) is 0.626. The molecule has 0 radical (unpaired) electrons. The molecule has 3 aliphatic rings. The number of aryl methyl sites for hydroxylation is 1. The summed E-state index contributed by atoms with van der Waals surface area (Å²) < 4.78 is 11.4. The number of rotatable bonds is 4. The highest BCUT2D eigenvalue weighted by atomic mass is 35.5. The van der Waals surface area contributed by atoms with Crippen molar-refractivity contribution < 1.29 is 23.6 Å². The van der Waals surface area contributed by atoms with E-state index in [9.17, 15) is 14.4 Å². The molecule has 0 aliphatic carbocycles. The SMILES string of the molecule is Cc1cc(NC(=O)[C@@H]2[C@H]3C=C[C@@]4(O3)[C@H]2C(=O)N(c2cccc(Cl)c2C)[C@@H]4C(=O)NC(C)(C)C)no1. The minimum atomic E-state index is -1.30. The van der Waals surface area contributed by atoms with Gasteiger partial charge < -0.3 is 19.9 Å². The van der Waals surface area contributed by atoms with Gasteiger partial charge in [-0.25, -0.2) is 0 Å². The van der Waals surface area contributed by atoms with E-state index in [4.69, 9.17) is 20.9 Å². The van der Waals surface area contributed by atoms with Crippen molar-refractivity contribution in [3.8, 4) is 0 Å². The summed E-state index contributed by atoms with van der Waals surface area (Å²) in [6.07, 6.45) is 2.87. The van der Waals surface area contributed by atoms with Crippen LogP contribution in [0.5, 0.6) is 0 Å². The van der Waals surface area contributed by atoms with E-state index in [1.54, 1.807) is 50.3 Å². The van der Waals surface area contributed by atoms with Gasteiger partial charge in [-0.3, -0.25) is 19.3 Å². The second-order valence-corrected chi connectivity index (χ2v) is 10.8.